The molecule has 39 heavy (non-hydrogen) atoms. The zero-order valence-corrected chi connectivity index (χ0v) is 21.8. The van der Waals surface area contributed by atoms with Crippen LogP contribution in [0, 0.1) is 17.5 Å². The number of benzene rings is 1. The normalized spacial score (nSPS) is 14.4. The number of aromatic nitrogens is 1. The lowest BCUT2D eigenvalue weighted by molar-refractivity contribution is -0.139. The summed E-state index contributed by atoms with van der Waals surface area (Å²) in [6.45, 7) is 1.01. The molecule has 1 aromatic heterocycles. The summed E-state index contributed by atoms with van der Waals surface area (Å²) in [5.41, 5.74) is 1.10. The van der Waals surface area contributed by atoms with E-state index in [1.54, 1.807) is 0 Å². The van der Waals surface area contributed by atoms with Gasteiger partial charge in [0.15, 0.2) is 0 Å². The van der Waals surface area contributed by atoms with Gasteiger partial charge >= 0.3 is 5.97 Å². The van der Waals surface area contributed by atoms with Gasteiger partial charge < -0.3 is 25.4 Å². The number of methoxy groups -OCH3 is 1. The number of halogens is 4. The Hall–Kier alpha value is -3.25. The number of carboxylic acids is 1. The van der Waals surface area contributed by atoms with Gasteiger partial charge in [-0.2, -0.15) is 0 Å². The van der Waals surface area contributed by atoms with E-state index < -0.39 is 53.7 Å². The first-order valence-corrected chi connectivity index (χ1v) is 12.9. The van der Waals surface area contributed by atoms with Crippen molar-refractivity contribution < 1.29 is 37.0 Å². The molecule has 0 aliphatic carbocycles. The number of anilines is 1. The molecule has 2 aromatic rings. The van der Waals surface area contributed by atoms with Crippen LogP contribution in [0.5, 0.6) is 0 Å². The second-order valence-corrected chi connectivity index (χ2v) is 9.51. The number of pyridine rings is 1. The average molecular weight is 555 g/mol. The standard InChI is InChI=1S/C27H34F4N4O4/c1-39-20(15-28)16-35(11-3-2-6-19-8-7-17-5-4-10-32-25(17)33-19)12-9-23(27(37)38)34-26(36)24-21(30)13-18(29)14-22(24)31/h7-8,13-14,20,23H,2-6,9-12,15-16H2,1H3,(H,32,33)(H,34,36)(H,37,38). The Morgan fingerprint density at radius 1 is 1.18 bits per heavy atom. The quantitative estimate of drug-likeness (QED) is 0.228. The van der Waals surface area contributed by atoms with Crippen molar-refractivity contribution in [2.75, 3.05) is 45.3 Å². The van der Waals surface area contributed by atoms with Gasteiger partial charge in [0, 0.05) is 44.6 Å². The summed E-state index contributed by atoms with van der Waals surface area (Å²) in [6.07, 6.45) is 3.49. The highest BCUT2D eigenvalue weighted by Gasteiger charge is 2.26. The molecule has 0 radical (unpaired) electrons. The number of unbranched alkanes of at least 4 members (excludes halogenated alkanes) is 1. The highest BCUT2D eigenvalue weighted by Crippen LogP contribution is 2.20. The third kappa shape index (κ3) is 8.89. The van der Waals surface area contributed by atoms with Crippen LogP contribution < -0.4 is 10.6 Å². The fraction of sp³-hybridized carbons (Fsp3) is 0.519. The Morgan fingerprint density at radius 2 is 1.92 bits per heavy atom. The minimum absolute atomic E-state index is 0.119. The van der Waals surface area contributed by atoms with Gasteiger partial charge in [0.1, 0.15) is 41.5 Å². The molecular formula is C27H34F4N4O4. The number of hydrogen-bond acceptors (Lipinski definition) is 6. The predicted octanol–water partition coefficient (Wildman–Crippen LogP) is 3.74. The topological polar surface area (TPSA) is 104 Å². The number of aliphatic carboxylic acids is 1. The van der Waals surface area contributed by atoms with Gasteiger partial charge in [0.05, 0.1) is 6.10 Å². The number of hydrogen-bond donors (Lipinski definition) is 3. The van der Waals surface area contributed by atoms with Crippen molar-refractivity contribution in [3.8, 4) is 0 Å². The molecule has 12 heteroatoms. The number of alkyl halides is 1. The second-order valence-electron chi connectivity index (χ2n) is 9.51. The Labute approximate surface area is 224 Å². The summed E-state index contributed by atoms with van der Waals surface area (Å²) in [5.74, 6) is -5.88. The summed E-state index contributed by atoms with van der Waals surface area (Å²) in [4.78, 5) is 30.7. The smallest absolute Gasteiger partial charge is 0.326 e. The number of ether oxygens (including phenoxy) is 1. The van der Waals surface area contributed by atoms with E-state index in [0.29, 0.717) is 25.1 Å². The largest absolute Gasteiger partial charge is 0.480 e. The van der Waals surface area contributed by atoms with Crippen molar-refractivity contribution >= 4 is 17.7 Å². The first kappa shape index (κ1) is 30.3. The van der Waals surface area contributed by atoms with Crippen LogP contribution in [0.25, 0.3) is 0 Å². The molecule has 0 saturated heterocycles. The van der Waals surface area contributed by atoms with Gasteiger partial charge in [-0.3, -0.25) is 4.79 Å². The molecule has 1 aliphatic heterocycles. The second kappa shape index (κ2) is 14.8. The summed E-state index contributed by atoms with van der Waals surface area (Å²) in [5, 5.41) is 15.0. The van der Waals surface area contributed by atoms with Gasteiger partial charge in [-0.05, 0) is 56.7 Å². The van der Waals surface area contributed by atoms with E-state index >= 15 is 0 Å². The van der Waals surface area contributed by atoms with Crippen molar-refractivity contribution in [2.24, 2.45) is 0 Å². The molecule has 0 bridgehead atoms. The number of rotatable bonds is 15. The van der Waals surface area contributed by atoms with E-state index in [1.165, 1.54) is 12.7 Å². The van der Waals surface area contributed by atoms with Crippen molar-refractivity contribution in [3.05, 3.63) is 58.5 Å². The van der Waals surface area contributed by atoms with Gasteiger partial charge in [0.25, 0.3) is 5.91 Å². The molecule has 0 fully saturated rings. The Kier molecular flexibility index (Phi) is 11.5. The molecule has 2 heterocycles. The third-order valence-corrected chi connectivity index (χ3v) is 6.65. The lowest BCUT2D eigenvalue weighted by atomic mass is 10.1. The Balaban J connectivity index is 1.57. The number of aryl methyl sites for hydroxylation is 2. The van der Waals surface area contributed by atoms with Crippen LogP contribution >= 0.6 is 0 Å². The van der Waals surface area contributed by atoms with Crippen molar-refractivity contribution in [1.29, 1.82) is 0 Å². The lowest BCUT2D eigenvalue weighted by Crippen LogP contribution is -2.45. The summed E-state index contributed by atoms with van der Waals surface area (Å²) in [6, 6.07) is 3.30. The molecule has 0 saturated carbocycles. The van der Waals surface area contributed by atoms with Gasteiger partial charge in [-0.25, -0.2) is 27.3 Å². The molecule has 3 rings (SSSR count). The molecule has 2 unspecified atom stereocenters. The maximum Gasteiger partial charge on any atom is 0.326 e. The number of nitrogens with one attached hydrogen (secondary N) is 2. The fourth-order valence-electron chi connectivity index (χ4n) is 4.48. The summed E-state index contributed by atoms with van der Waals surface area (Å²) < 4.78 is 59.6. The van der Waals surface area contributed by atoms with Gasteiger partial charge in [-0.1, -0.05) is 6.07 Å². The zero-order valence-electron chi connectivity index (χ0n) is 21.8. The maximum atomic E-state index is 14.0. The van der Waals surface area contributed by atoms with Crippen molar-refractivity contribution in [2.45, 2.75) is 50.7 Å². The number of nitrogens with zero attached hydrogens (tertiary/aromatic N) is 2. The number of amides is 1. The van der Waals surface area contributed by atoms with Crippen LogP contribution in [-0.4, -0.2) is 79.0 Å². The number of carboxylic acid groups (broad SMARTS) is 1. The van der Waals surface area contributed by atoms with E-state index in [-0.39, 0.29) is 19.5 Å². The first-order valence-electron chi connectivity index (χ1n) is 12.9. The molecule has 8 nitrogen and oxygen atoms in total. The van der Waals surface area contributed by atoms with Gasteiger partial charge in [0.2, 0.25) is 0 Å². The van der Waals surface area contributed by atoms with E-state index in [4.69, 9.17) is 4.74 Å². The molecule has 1 aromatic carbocycles. The molecule has 2 atom stereocenters. The highest BCUT2D eigenvalue weighted by atomic mass is 19.1. The van der Waals surface area contributed by atoms with Crippen molar-refractivity contribution in [1.82, 2.24) is 15.2 Å². The molecule has 1 aliphatic rings. The first-order chi connectivity index (χ1) is 18.7. The monoisotopic (exact) mass is 554 g/mol. The molecule has 3 N–H and O–H groups in total. The highest BCUT2D eigenvalue weighted by molar-refractivity contribution is 5.97. The van der Waals surface area contributed by atoms with Crippen LogP contribution in [0.2, 0.25) is 0 Å². The zero-order chi connectivity index (χ0) is 28.4. The predicted molar refractivity (Wildman–Crippen MR) is 137 cm³/mol. The molecule has 214 valence electrons. The minimum Gasteiger partial charge on any atom is -0.480 e. The van der Waals surface area contributed by atoms with Crippen LogP contribution in [-0.2, 0) is 22.4 Å². The van der Waals surface area contributed by atoms with Crippen LogP contribution in [0.4, 0.5) is 23.4 Å². The Morgan fingerprint density at radius 3 is 2.59 bits per heavy atom. The molecule has 0 spiro atoms. The third-order valence-electron chi connectivity index (χ3n) is 6.65. The van der Waals surface area contributed by atoms with E-state index in [0.717, 1.165) is 43.7 Å². The minimum atomic E-state index is -1.48. The van der Waals surface area contributed by atoms with E-state index in [9.17, 15) is 32.3 Å². The van der Waals surface area contributed by atoms with E-state index in [2.05, 4.69) is 21.7 Å². The summed E-state index contributed by atoms with van der Waals surface area (Å²) in [7, 11) is 1.38. The maximum absolute atomic E-state index is 14.0. The Bertz CT molecular complexity index is 1110. The molecule has 1 amide bonds. The van der Waals surface area contributed by atoms with E-state index in [1.807, 2.05) is 11.0 Å². The van der Waals surface area contributed by atoms with Crippen LogP contribution in [0.1, 0.15) is 47.3 Å². The SMILES string of the molecule is COC(CF)CN(CCCCc1ccc2c(n1)NCCC2)CCC(NC(=O)c1c(F)cc(F)cc1F)C(=O)O. The van der Waals surface area contributed by atoms with Crippen LogP contribution in [0.15, 0.2) is 24.3 Å². The number of fused-ring (bicyclic) bond motifs is 1. The summed E-state index contributed by atoms with van der Waals surface area (Å²) >= 11 is 0. The van der Waals surface area contributed by atoms with Crippen LogP contribution in [0.3, 0.4) is 0 Å². The number of carbonyl (C=O) groups is 2. The van der Waals surface area contributed by atoms with Crippen molar-refractivity contribution in [3.63, 3.8) is 0 Å². The average Bonchev–Trinajstić information content (AvgIpc) is 2.90. The fourth-order valence-corrected chi connectivity index (χ4v) is 4.48. The van der Waals surface area contributed by atoms with Gasteiger partial charge in [-0.15, -0.1) is 0 Å². The lowest BCUT2D eigenvalue weighted by Gasteiger charge is -2.27. The molecular weight excluding hydrogens is 520 g/mol. The number of carbonyl (C=O) groups excluding carboxylic acids is 1.